The third-order valence-electron chi connectivity index (χ3n) is 7.85. The van der Waals surface area contributed by atoms with Gasteiger partial charge in [-0.25, -0.2) is 4.98 Å². The maximum Gasteiger partial charge on any atom is 0.301 e. The first-order chi connectivity index (χ1) is 23.2. The van der Waals surface area contributed by atoms with Crippen LogP contribution in [0.1, 0.15) is 54.7 Å². The number of amides is 1. The lowest BCUT2D eigenvalue weighted by Crippen LogP contribution is -2.29. The number of aryl methyl sites for hydroxylation is 1. The first kappa shape index (κ1) is 33.8. The van der Waals surface area contributed by atoms with E-state index in [1.54, 1.807) is 60.0 Å². The molecular weight excluding hydrogens is 693 g/mol. The highest BCUT2D eigenvalue weighted by Crippen LogP contribution is 2.46. The summed E-state index contributed by atoms with van der Waals surface area (Å²) in [6, 6.07) is 14.8. The van der Waals surface area contributed by atoms with Gasteiger partial charge in [-0.3, -0.25) is 18.9 Å². The van der Waals surface area contributed by atoms with Gasteiger partial charge in [-0.05, 0) is 60.9 Å². The van der Waals surface area contributed by atoms with Gasteiger partial charge in [0, 0.05) is 22.0 Å². The van der Waals surface area contributed by atoms with E-state index < -0.39 is 17.7 Å². The molecule has 3 aromatic heterocycles. The van der Waals surface area contributed by atoms with Crippen molar-refractivity contribution >= 4 is 74.5 Å². The van der Waals surface area contributed by atoms with Crippen molar-refractivity contribution in [3.8, 4) is 11.5 Å². The van der Waals surface area contributed by atoms with Crippen molar-refractivity contribution in [3.05, 3.63) is 98.9 Å². The van der Waals surface area contributed by atoms with Crippen molar-refractivity contribution in [1.29, 1.82) is 0 Å². The molecule has 1 N–H and O–H groups in total. The zero-order valence-corrected chi connectivity index (χ0v) is 29.4. The fraction of sp³-hybridized carbons (Fsp3) is 0.265. The van der Waals surface area contributed by atoms with E-state index in [1.165, 1.54) is 23.8 Å². The van der Waals surface area contributed by atoms with Crippen LogP contribution in [0.25, 0.3) is 11.4 Å². The van der Waals surface area contributed by atoms with Gasteiger partial charge in [0.15, 0.2) is 21.6 Å². The number of methoxy groups -OCH3 is 1. The average molecular weight is 725 g/mol. The highest BCUT2D eigenvalue weighted by Gasteiger charge is 2.49. The Hall–Kier alpha value is -4.10. The number of fused-ring (bicyclic) bond motifs is 1. The Morgan fingerprint density at radius 2 is 1.90 bits per heavy atom. The molecule has 48 heavy (non-hydrogen) atoms. The molecule has 1 aliphatic heterocycles. The largest absolute Gasteiger partial charge is 0.505 e. The second-order valence-electron chi connectivity index (χ2n) is 11.0. The summed E-state index contributed by atoms with van der Waals surface area (Å²) in [5.41, 5.74) is 2.65. The first-order valence-electron chi connectivity index (χ1n) is 15.2. The van der Waals surface area contributed by atoms with E-state index >= 15 is 0 Å². The summed E-state index contributed by atoms with van der Waals surface area (Å²) in [6.45, 7) is 4.37. The van der Waals surface area contributed by atoms with Crippen LogP contribution >= 0.6 is 46.3 Å². The van der Waals surface area contributed by atoms with Crippen molar-refractivity contribution < 1.29 is 24.2 Å². The molecule has 0 bridgehead atoms. The van der Waals surface area contributed by atoms with Crippen LogP contribution in [0.3, 0.4) is 0 Å². The number of imidazole rings is 1. The molecule has 6 rings (SSSR count). The topological polar surface area (TPSA) is 119 Å². The van der Waals surface area contributed by atoms with E-state index in [0.29, 0.717) is 60.8 Å². The number of carbonyl (C=O) groups excluding carboxylic acids is 2. The van der Waals surface area contributed by atoms with Crippen LogP contribution in [0.4, 0.5) is 5.13 Å². The van der Waals surface area contributed by atoms with Gasteiger partial charge >= 0.3 is 5.91 Å². The normalized spacial score (nSPS) is 15.9. The Bertz CT molecular complexity index is 2050. The van der Waals surface area contributed by atoms with Crippen molar-refractivity contribution in [3.63, 3.8) is 0 Å². The fourth-order valence-electron chi connectivity index (χ4n) is 5.52. The number of thioether (sulfide) groups is 1. The molecule has 0 aliphatic carbocycles. The van der Waals surface area contributed by atoms with Gasteiger partial charge in [0.25, 0.3) is 5.78 Å². The predicted molar refractivity (Wildman–Crippen MR) is 189 cm³/mol. The molecule has 248 valence electrons. The second-order valence-corrected chi connectivity index (χ2v) is 14.0. The number of pyridine rings is 1. The van der Waals surface area contributed by atoms with Crippen molar-refractivity contribution in [1.82, 2.24) is 19.6 Å². The van der Waals surface area contributed by atoms with E-state index in [1.807, 2.05) is 12.1 Å². The third kappa shape index (κ3) is 6.62. The highest BCUT2D eigenvalue weighted by atomic mass is 35.5. The summed E-state index contributed by atoms with van der Waals surface area (Å²) in [5.74, 6) is -0.625. The highest BCUT2D eigenvalue weighted by molar-refractivity contribution is 8.00. The molecule has 0 saturated carbocycles. The zero-order valence-electron chi connectivity index (χ0n) is 26.3. The standard InChI is InChI=1S/C34H31Cl2N5O5S2/c1-4-5-8-15-46-24-13-11-20(16-25(24)45-3)29-27(30(42)28-19(2)37-26-9-6-7-14-40(26)28)31(43)32(44)41(29)33-38-39-34(48-33)47-18-21-10-12-22(35)17-23(21)36/h6-7,9-14,16-17,29,42H,4-5,8,15,18H2,1-3H3/b30-27+. The Labute approximate surface area is 295 Å². The Balaban J connectivity index is 1.43. The summed E-state index contributed by atoms with van der Waals surface area (Å²) in [7, 11) is 1.53. The number of hydrogen-bond donors (Lipinski definition) is 1. The zero-order chi connectivity index (χ0) is 33.9. The van der Waals surface area contributed by atoms with Crippen LogP contribution in [0, 0.1) is 6.92 Å². The first-order valence-corrected chi connectivity index (χ1v) is 17.7. The fourth-order valence-corrected chi connectivity index (χ4v) is 7.94. The minimum Gasteiger partial charge on any atom is -0.505 e. The second kappa shape index (κ2) is 14.6. The van der Waals surface area contributed by atoms with Gasteiger partial charge in [0.2, 0.25) is 5.13 Å². The number of benzene rings is 2. The molecule has 1 fully saturated rings. The van der Waals surface area contributed by atoms with Crippen LogP contribution in [-0.2, 0) is 15.3 Å². The number of ether oxygens (including phenoxy) is 2. The number of ketones is 1. The Kier molecular flexibility index (Phi) is 10.3. The minimum absolute atomic E-state index is 0.107. The summed E-state index contributed by atoms with van der Waals surface area (Å²) < 4.78 is 13.9. The van der Waals surface area contributed by atoms with E-state index in [4.69, 9.17) is 32.7 Å². The van der Waals surface area contributed by atoms with Gasteiger partial charge in [-0.1, -0.05) is 84.3 Å². The molecule has 10 nitrogen and oxygen atoms in total. The predicted octanol–water partition coefficient (Wildman–Crippen LogP) is 8.30. The third-order valence-corrected chi connectivity index (χ3v) is 10.5. The lowest BCUT2D eigenvalue weighted by atomic mass is 9.96. The molecule has 0 radical (unpaired) electrons. The van der Waals surface area contributed by atoms with E-state index in [-0.39, 0.29) is 16.5 Å². The molecule has 4 heterocycles. The minimum atomic E-state index is -1.06. The Morgan fingerprint density at radius 3 is 2.67 bits per heavy atom. The average Bonchev–Trinajstić information content (AvgIpc) is 3.75. The van der Waals surface area contributed by atoms with Crippen molar-refractivity contribution in [2.75, 3.05) is 18.6 Å². The Morgan fingerprint density at radius 1 is 1.06 bits per heavy atom. The van der Waals surface area contributed by atoms with Crippen molar-refractivity contribution in [2.24, 2.45) is 0 Å². The van der Waals surface area contributed by atoms with Crippen LogP contribution in [-0.4, -0.2) is 50.1 Å². The monoisotopic (exact) mass is 723 g/mol. The van der Waals surface area contributed by atoms with Crippen LogP contribution < -0.4 is 14.4 Å². The number of Topliss-reactive ketones (excluding diaryl/α,β-unsaturated/α-hetero) is 1. The van der Waals surface area contributed by atoms with Gasteiger partial charge in [0.05, 0.1) is 31.0 Å². The number of hydrogen-bond acceptors (Lipinski definition) is 10. The van der Waals surface area contributed by atoms with Crippen LogP contribution in [0.2, 0.25) is 10.0 Å². The van der Waals surface area contributed by atoms with Gasteiger partial charge in [0.1, 0.15) is 11.3 Å². The molecule has 1 saturated heterocycles. The number of unbranched alkanes of at least 4 members (excludes halogenated alkanes) is 2. The number of aliphatic hydroxyl groups is 1. The molecule has 0 spiro atoms. The van der Waals surface area contributed by atoms with Gasteiger partial charge < -0.3 is 14.6 Å². The van der Waals surface area contributed by atoms with Crippen LogP contribution in [0.15, 0.2) is 70.7 Å². The number of carbonyl (C=O) groups is 2. The summed E-state index contributed by atoms with van der Waals surface area (Å²) in [6.07, 6.45) is 4.73. The molecular formula is C34H31Cl2N5O5S2. The molecule has 1 unspecified atom stereocenters. The smallest absolute Gasteiger partial charge is 0.301 e. The summed E-state index contributed by atoms with van der Waals surface area (Å²) in [5, 5.41) is 21.8. The SMILES string of the molecule is CCCCCOc1ccc(C2/C(=C(\O)c3c(C)nc4ccccn34)C(=O)C(=O)N2c2nnc(SCc3ccc(Cl)cc3Cl)s2)cc1OC. The molecule has 1 aliphatic rings. The number of nitrogens with zero attached hydrogens (tertiary/aromatic N) is 5. The van der Waals surface area contributed by atoms with E-state index in [0.717, 1.165) is 36.2 Å². The molecule has 1 atom stereocenters. The quantitative estimate of drug-likeness (QED) is 0.0339. The van der Waals surface area contributed by atoms with Gasteiger partial charge in [-0.15, -0.1) is 10.2 Å². The van der Waals surface area contributed by atoms with E-state index in [2.05, 4.69) is 22.1 Å². The summed E-state index contributed by atoms with van der Waals surface area (Å²) >= 11 is 15.0. The molecule has 5 aromatic rings. The molecule has 2 aromatic carbocycles. The number of halogens is 2. The van der Waals surface area contributed by atoms with Crippen molar-refractivity contribution in [2.45, 2.75) is 49.2 Å². The maximum atomic E-state index is 13.9. The number of anilines is 1. The maximum absolute atomic E-state index is 13.9. The number of aliphatic hydroxyl groups excluding tert-OH is 1. The number of rotatable bonds is 12. The lowest BCUT2D eigenvalue weighted by molar-refractivity contribution is -0.132. The molecule has 1 amide bonds. The molecule has 14 heteroatoms. The lowest BCUT2D eigenvalue weighted by Gasteiger charge is -2.23. The van der Waals surface area contributed by atoms with Crippen LogP contribution in [0.5, 0.6) is 11.5 Å². The van der Waals surface area contributed by atoms with E-state index in [9.17, 15) is 14.7 Å². The van der Waals surface area contributed by atoms with Gasteiger partial charge in [-0.2, -0.15) is 0 Å². The number of aromatic nitrogens is 4. The summed E-state index contributed by atoms with van der Waals surface area (Å²) in [4.78, 5) is 33.6.